The summed E-state index contributed by atoms with van der Waals surface area (Å²) in [5.41, 5.74) is 1.71. The Morgan fingerprint density at radius 3 is 2.64 bits per heavy atom. The second-order valence-electron chi connectivity index (χ2n) is 6.27. The Labute approximate surface area is 130 Å². The number of carbonyl (C=O) groups excluding carboxylic acids is 2. The van der Waals surface area contributed by atoms with Crippen molar-refractivity contribution in [1.82, 2.24) is 4.57 Å². The molecule has 1 aromatic rings. The molecule has 1 aromatic heterocycles. The maximum absolute atomic E-state index is 12.3. The maximum atomic E-state index is 12.3. The number of ether oxygens (including phenoxy) is 2. The molecule has 22 heavy (non-hydrogen) atoms. The Bertz CT molecular complexity index is 604. The third-order valence-corrected chi connectivity index (χ3v) is 3.39. The van der Waals surface area contributed by atoms with E-state index in [0.29, 0.717) is 18.6 Å². The van der Waals surface area contributed by atoms with E-state index in [9.17, 15) is 9.59 Å². The highest BCUT2D eigenvalue weighted by Gasteiger charge is 2.27. The topological polar surface area (TPSA) is 57.5 Å². The normalized spacial score (nSPS) is 15.1. The predicted molar refractivity (Wildman–Crippen MR) is 83.5 cm³/mol. The molecule has 1 aliphatic rings. The van der Waals surface area contributed by atoms with E-state index in [1.54, 1.807) is 19.2 Å². The predicted octanol–water partition coefficient (Wildman–Crippen LogP) is 3.77. The molecule has 0 atom stereocenters. The monoisotopic (exact) mass is 305 g/mol. The lowest BCUT2D eigenvalue weighted by atomic mass is 10.1. The van der Waals surface area contributed by atoms with E-state index in [0.717, 1.165) is 24.1 Å². The van der Waals surface area contributed by atoms with Crippen LogP contribution >= 0.6 is 0 Å². The van der Waals surface area contributed by atoms with Gasteiger partial charge in [0.25, 0.3) is 0 Å². The van der Waals surface area contributed by atoms with Crippen LogP contribution in [-0.4, -0.2) is 28.8 Å². The first kappa shape index (κ1) is 16.3. The van der Waals surface area contributed by atoms with E-state index in [-0.39, 0.29) is 5.97 Å². The number of nitrogens with zero attached hydrogens (tertiary/aromatic N) is 1. The minimum absolute atomic E-state index is 0.285. The van der Waals surface area contributed by atoms with Crippen molar-refractivity contribution in [1.29, 1.82) is 0 Å². The van der Waals surface area contributed by atoms with Crippen molar-refractivity contribution in [2.24, 2.45) is 0 Å². The van der Waals surface area contributed by atoms with Gasteiger partial charge in [0.1, 0.15) is 5.60 Å². The molecule has 0 saturated heterocycles. The van der Waals surface area contributed by atoms with Gasteiger partial charge in [-0.2, -0.15) is 0 Å². The van der Waals surface area contributed by atoms with Crippen molar-refractivity contribution >= 4 is 17.6 Å². The van der Waals surface area contributed by atoms with Crippen molar-refractivity contribution < 1.29 is 19.1 Å². The van der Waals surface area contributed by atoms with Crippen LogP contribution in [-0.2, 0) is 14.3 Å². The number of carbonyl (C=O) groups is 2. The van der Waals surface area contributed by atoms with Crippen LogP contribution in [0.5, 0.6) is 0 Å². The highest BCUT2D eigenvalue weighted by atomic mass is 16.6. The van der Waals surface area contributed by atoms with Crippen LogP contribution in [0.4, 0.5) is 4.79 Å². The highest BCUT2D eigenvalue weighted by Crippen LogP contribution is 2.35. The van der Waals surface area contributed by atoms with Crippen LogP contribution in [0.15, 0.2) is 23.9 Å². The fourth-order valence-electron chi connectivity index (χ4n) is 2.57. The van der Waals surface area contributed by atoms with E-state index < -0.39 is 11.7 Å². The number of hydrogen-bond donors (Lipinski definition) is 0. The van der Waals surface area contributed by atoms with Crippen molar-refractivity contribution in [3.8, 4) is 0 Å². The summed E-state index contributed by atoms with van der Waals surface area (Å²) in [4.78, 5) is 24.4. The Balaban J connectivity index is 2.34. The van der Waals surface area contributed by atoms with Gasteiger partial charge in [-0.3, -0.25) is 4.57 Å². The third-order valence-electron chi connectivity index (χ3n) is 3.39. The zero-order chi connectivity index (χ0) is 16.3. The molecular formula is C17H23NO4. The number of aromatic nitrogens is 1. The third kappa shape index (κ3) is 3.59. The maximum Gasteiger partial charge on any atom is 0.418 e. The van der Waals surface area contributed by atoms with E-state index in [1.165, 1.54) is 4.57 Å². The molecule has 0 fully saturated rings. The number of allylic oxidation sites excluding steroid dienone is 1. The number of rotatable bonds is 3. The molecular weight excluding hydrogens is 282 g/mol. The Morgan fingerprint density at radius 2 is 2.00 bits per heavy atom. The Morgan fingerprint density at radius 1 is 1.27 bits per heavy atom. The van der Waals surface area contributed by atoms with Gasteiger partial charge in [0.15, 0.2) is 0 Å². The summed E-state index contributed by atoms with van der Waals surface area (Å²) in [7, 11) is 0. The first-order valence-electron chi connectivity index (χ1n) is 7.63. The lowest BCUT2D eigenvalue weighted by Crippen LogP contribution is -2.27. The van der Waals surface area contributed by atoms with Gasteiger partial charge >= 0.3 is 12.1 Å². The first-order valence-corrected chi connectivity index (χ1v) is 7.63. The summed E-state index contributed by atoms with van der Waals surface area (Å²) < 4.78 is 12.0. The zero-order valence-electron chi connectivity index (χ0n) is 13.6. The largest absolute Gasteiger partial charge is 0.463 e. The van der Waals surface area contributed by atoms with Gasteiger partial charge in [-0.15, -0.1) is 0 Å². The van der Waals surface area contributed by atoms with Crippen molar-refractivity contribution in [2.75, 3.05) is 6.61 Å². The molecule has 120 valence electrons. The average Bonchev–Trinajstić information content (AvgIpc) is 3.05. The molecule has 0 saturated carbocycles. The van der Waals surface area contributed by atoms with Crippen LogP contribution in [0.2, 0.25) is 0 Å². The average molecular weight is 305 g/mol. The lowest BCUT2D eigenvalue weighted by molar-refractivity contribution is -0.138. The molecule has 1 aliphatic carbocycles. The van der Waals surface area contributed by atoms with Crippen LogP contribution < -0.4 is 0 Å². The Hall–Kier alpha value is -2.04. The van der Waals surface area contributed by atoms with Gasteiger partial charge in [0.05, 0.1) is 12.3 Å². The summed E-state index contributed by atoms with van der Waals surface area (Å²) in [6.45, 7) is 7.62. The smallest absolute Gasteiger partial charge is 0.418 e. The molecule has 0 amide bonds. The summed E-state index contributed by atoms with van der Waals surface area (Å²) in [5.74, 6) is -0.285. The van der Waals surface area contributed by atoms with Crippen LogP contribution in [0.25, 0.3) is 5.57 Å². The van der Waals surface area contributed by atoms with Crippen molar-refractivity contribution in [3.63, 3.8) is 0 Å². The van der Waals surface area contributed by atoms with Gasteiger partial charge in [-0.1, -0.05) is 0 Å². The molecule has 5 heteroatoms. The quantitative estimate of drug-likeness (QED) is 0.798. The molecule has 0 aliphatic heterocycles. The minimum Gasteiger partial charge on any atom is -0.463 e. The SMILES string of the molecule is CCOC(=O)C1=C(c2cccn2C(=O)OC(C)(C)C)CCC1. The van der Waals surface area contributed by atoms with Crippen LogP contribution in [0.3, 0.4) is 0 Å². The number of esters is 1. The zero-order valence-corrected chi connectivity index (χ0v) is 13.6. The summed E-state index contributed by atoms with van der Waals surface area (Å²) >= 11 is 0. The van der Waals surface area contributed by atoms with Gasteiger partial charge in [-0.05, 0) is 64.7 Å². The molecule has 0 radical (unpaired) electrons. The molecule has 5 nitrogen and oxygen atoms in total. The van der Waals surface area contributed by atoms with Gasteiger partial charge < -0.3 is 9.47 Å². The van der Waals surface area contributed by atoms with Crippen molar-refractivity contribution in [3.05, 3.63) is 29.6 Å². The fourth-order valence-corrected chi connectivity index (χ4v) is 2.57. The fraction of sp³-hybridized carbons (Fsp3) is 0.529. The molecule has 1 heterocycles. The first-order chi connectivity index (χ1) is 10.3. The second-order valence-corrected chi connectivity index (χ2v) is 6.27. The van der Waals surface area contributed by atoms with E-state index in [1.807, 2.05) is 26.8 Å². The molecule has 0 spiro atoms. The lowest BCUT2D eigenvalue weighted by Gasteiger charge is -2.20. The van der Waals surface area contributed by atoms with Crippen LogP contribution in [0.1, 0.15) is 52.7 Å². The van der Waals surface area contributed by atoms with Gasteiger partial charge in [-0.25, -0.2) is 9.59 Å². The molecule has 0 unspecified atom stereocenters. The standard InChI is InChI=1S/C17H23NO4/c1-5-21-15(19)13-9-6-8-12(13)14-10-7-11-18(14)16(20)22-17(2,3)4/h7,10-11H,5-6,8-9H2,1-4H3. The Kier molecular flexibility index (Phi) is 4.74. The molecule has 2 rings (SSSR count). The minimum atomic E-state index is -0.563. The van der Waals surface area contributed by atoms with Crippen LogP contribution in [0, 0.1) is 0 Å². The van der Waals surface area contributed by atoms with E-state index in [2.05, 4.69) is 0 Å². The van der Waals surface area contributed by atoms with Gasteiger partial charge in [0, 0.05) is 11.8 Å². The van der Waals surface area contributed by atoms with Crippen molar-refractivity contribution in [2.45, 2.75) is 52.6 Å². The summed E-state index contributed by atoms with van der Waals surface area (Å²) in [5, 5.41) is 0. The van der Waals surface area contributed by atoms with Gasteiger partial charge in [0.2, 0.25) is 0 Å². The van der Waals surface area contributed by atoms with E-state index in [4.69, 9.17) is 9.47 Å². The summed E-state index contributed by atoms with van der Waals surface area (Å²) in [6, 6.07) is 3.62. The number of hydrogen-bond acceptors (Lipinski definition) is 4. The summed E-state index contributed by atoms with van der Waals surface area (Å²) in [6.07, 6.45) is 3.57. The molecule has 0 aromatic carbocycles. The second kappa shape index (κ2) is 6.38. The van der Waals surface area contributed by atoms with E-state index >= 15 is 0 Å². The molecule has 0 bridgehead atoms. The highest BCUT2D eigenvalue weighted by molar-refractivity contribution is 5.99. The molecule has 0 N–H and O–H groups in total.